The van der Waals surface area contributed by atoms with Gasteiger partial charge in [0.2, 0.25) is 0 Å². The fraction of sp³-hybridized carbons (Fsp3) is 0.375. The van der Waals surface area contributed by atoms with Gasteiger partial charge in [0.25, 0.3) is 5.91 Å². The molecule has 1 aliphatic rings. The molecule has 0 unspecified atom stereocenters. The van der Waals surface area contributed by atoms with Crippen LogP contribution in [0.15, 0.2) is 22.3 Å². The van der Waals surface area contributed by atoms with Crippen molar-refractivity contribution >= 4 is 33.9 Å². The van der Waals surface area contributed by atoms with Gasteiger partial charge >= 0.3 is 6.03 Å². The fourth-order valence-corrected chi connectivity index (χ4v) is 2.57. The molecule has 1 fully saturated rings. The van der Waals surface area contributed by atoms with E-state index in [4.69, 9.17) is 9.47 Å². The van der Waals surface area contributed by atoms with Crippen LogP contribution in [0.3, 0.4) is 0 Å². The molecule has 1 heterocycles. The maximum atomic E-state index is 11.9. The molecule has 7 heteroatoms. The Bertz CT molecular complexity index is 672. The minimum atomic E-state index is -0.441. The minimum absolute atomic E-state index is 0.0498. The van der Waals surface area contributed by atoms with Crippen LogP contribution in [-0.4, -0.2) is 37.1 Å². The second-order valence-corrected chi connectivity index (χ2v) is 6.08. The molecule has 0 aliphatic carbocycles. The normalized spacial score (nSPS) is 17.4. The van der Waals surface area contributed by atoms with Crippen molar-refractivity contribution in [1.29, 1.82) is 0 Å². The van der Waals surface area contributed by atoms with E-state index < -0.39 is 6.03 Å². The van der Waals surface area contributed by atoms with E-state index in [1.165, 1.54) is 7.05 Å². The number of carbonyl (C=O) groups is 2. The number of hydrogen-bond donors (Lipinski definition) is 1. The molecule has 0 radical (unpaired) electrons. The molecule has 23 heavy (non-hydrogen) atoms. The predicted molar refractivity (Wildman–Crippen MR) is 90.4 cm³/mol. The molecule has 0 aromatic heterocycles. The predicted octanol–water partition coefficient (Wildman–Crippen LogP) is 3.16. The summed E-state index contributed by atoms with van der Waals surface area (Å²) >= 11 is 3.47. The van der Waals surface area contributed by atoms with Crippen LogP contribution in [0.2, 0.25) is 0 Å². The van der Waals surface area contributed by atoms with E-state index in [1.807, 2.05) is 19.9 Å². The summed E-state index contributed by atoms with van der Waals surface area (Å²) in [5, 5.41) is 2.53. The quantitative estimate of drug-likeness (QED) is 0.627. The number of nitrogens with one attached hydrogen (secondary N) is 1. The van der Waals surface area contributed by atoms with Crippen LogP contribution in [0.5, 0.6) is 11.5 Å². The van der Waals surface area contributed by atoms with Crippen LogP contribution in [-0.2, 0) is 4.79 Å². The van der Waals surface area contributed by atoms with Gasteiger partial charge in [0, 0.05) is 7.05 Å². The maximum Gasteiger partial charge on any atom is 0.328 e. The lowest BCUT2D eigenvalue weighted by molar-refractivity contribution is -0.121. The summed E-state index contributed by atoms with van der Waals surface area (Å²) in [6.45, 7) is 4.01. The van der Waals surface area contributed by atoms with Gasteiger partial charge in [-0.05, 0) is 53.0 Å². The second kappa shape index (κ2) is 7.04. The second-order valence-electron chi connectivity index (χ2n) is 5.22. The number of ether oxygens (including phenoxy) is 2. The van der Waals surface area contributed by atoms with Crippen LogP contribution in [0, 0.1) is 0 Å². The number of carbonyl (C=O) groups excluding carboxylic acids is 2. The zero-order valence-electron chi connectivity index (χ0n) is 13.5. The van der Waals surface area contributed by atoms with Crippen molar-refractivity contribution in [1.82, 2.24) is 10.2 Å². The minimum Gasteiger partial charge on any atom is -0.493 e. The molecule has 6 nitrogen and oxygen atoms in total. The lowest BCUT2D eigenvalue weighted by Crippen LogP contribution is -2.25. The van der Waals surface area contributed by atoms with Crippen molar-refractivity contribution < 1.29 is 19.1 Å². The number of methoxy groups -OCH3 is 1. The SMILES string of the molecule is CC[C@H](C)Oc1c(Br)cc(/C=C2/NC(=O)N(C)C2=O)cc1OC. The van der Waals surface area contributed by atoms with Crippen molar-refractivity contribution in [2.75, 3.05) is 14.2 Å². The van der Waals surface area contributed by atoms with E-state index >= 15 is 0 Å². The molecular weight excluding hydrogens is 364 g/mol. The smallest absolute Gasteiger partial charge is 0.328 e. The van der Waals surface area contributed by atoms with Crippen molar-refractivity contribution in [2.45, 2.75) is 26.4 Å². The summed E-state index contributed by atoms with van der Waals surface area (Å²) in [5.74, 6) is 0.796. The molecule has 1 N–H and O–H groups in total. The topological polar surface area (TPSA) is 67.9 Å². The highest BCUT2D eigenvalue weighted by atomic mass is 79.9. The van der Waals surface area contributed by atoms with Crippen molar-refractivity contribution in [3.05, 3.63) is 27.9 Å². The maximum absolute atomic E-state index is 11.9. The Labute approximate surface area is 143 Å². The van der Waals surface area contributed by atoms with Crippen molar-refractivity contribution in [3.63, 3.8) is 0 Å². The number of benzene rings is 1. The molecule has 1 aromatic rings. The van der Waals surface area contributed by atoms with Crippen LogP contribution in [0.1, 0.15) is 25.8 Å². The van der Waals surface area contributed by atoms with E-state index in [1.54, 1.807) is 19.3 Å². The molecule has 0 saturated carbocycles. The number of nitrogens with zero attached hydrogens (tertiary/aromatic N) is 1. The van der Waals surface area contributed by atoms with Gasteiger partial charge in [-0.15, -0.1) is 0 Å². The first-order valence-corrected chi connectivity index (χ1v) is 8.01. The summed E-state index contributed by atoms with van der Waals surface area (Å²) in [5.41, 5.74) is 0.936. The Kier molecular flexibility index (Phi) is 5.30. The summed E-state index contributed by atoms with van der Waals surface area (Å²) in [6, 6.07) is 3.13. The highest BCUT2D eigenvalue weighted by molar-refractivity contribution is 9.10. The fourth-order valence-electron chi connectivity index (χ4n) is 2.01. The van der Waals surface area contributed by atoms with Gasteiger partial charge in [-0.2, -0.15) is 0 Å². The molecule has 0 bridgehead atoms. The number of halogens is 1. The first-order valence-electron chi connectivity index (χ1n) is 7.22. The van der Waals surface area contributed by atoms with Crippen LogP contribution >= 0.6 is 15.9 Å². The average molecular weight is 383 g/mol. The summed E-state index contributed by atoms with van der Waals surface area (Å²) in [4.78, 5) is 24.4. The Balaban J connectivity index is 2.37. The third-order valence-electron chi connectivity index (χ3n) is 3.54. The number of likely N-dealkylation sites (N-methyl/N-ethyl adjacent to an activating group) is 1. The van der Waals surface area contributed by atoms with Gasteiger partial charge in [0.15, 0.2) is 11.5 Å². The molecular formula is C16H19BrN2O4. The van der Waals surface area contributed by atoms with Gasteiger partial charge in [0.1, 0.15) is 5.70 Å². The van der Waals surface area contributed by atoms with Gasteiger partial charge < -0.3 is 14.8 Å². The molecule has 0 spiro atoms. The van der Waals surface area contributed by atoms with E-state index in [-0.39, 0.29) is 17.7 Å². The first kappa shape index (κ1) is 17.3. The van der Waals surface area contributed by atoms with Gasteiger partial charge in [0.05, 0.1) is 17.7 Å². The lowest BCUT2D eigenvalue weighted by Gasteiger charge is -2.17. The third kappa shape index (κ3) is 3.67. The van der Waals surface area contributed by atoms with E-state index in [0.717, 1.165) is 11.3 Å². The molecule has 2 rings (SSSR count). The number of imide groups is 1. The van der Waals surface area contributed by atoms with Gasteiger partial charge in [-0.25, -0.2) is 4.79 Å². The Morgan fingerprint density at radius 1 is 1.39 bits per heavy atom. The summed E-state index contributed by atoms with van der Waals surface area (Å²) in [7, 11) is 2.98. The zero-order valence-corrected chi connectivity index (χ0v) is 15.1. The first-order chi connectivity index (χ1) is 10.9. The number of rotatable bonds is 5. The molecule has 1 aromatic carbocycles. The number of amides is 3. The summed E-state index contributed by atoms with van der Waals surface area (Å²) in [6.07, 6.45) is 2.52. The third-order valence-corrected chi connectivity index (χ3v) is 4.13. The van der Waals surface area contributed by atoms with Crippen LogP contribution in [0.4, 0.5) is 4.79 Å². The van der Waals surface area contributed by atoms with Gasteiger partial charge in [-0.3, -0.25) is 9.69 Å². The molecule has 1 atom stereocenters. The summed E-state index contributed by atoms with van der Waals surface area (Å²) < 4.78 is 12.0. The van der Waals surface area contributed by atoms with Crippen molar-refractivity contribution in [3.8, 4) is 11.5 Å². The monoisotopic (exact) mass is 382 g/mol. The standard InChI is InChI=1S/C16H19BrN2O4/c1-5-9(2)23-14-11(17)6-10(8-13(14)22-4)7-12-15(20)19(3)16(21)18-12/h6-9H,5H2,1-4H3,(H,18,21)/b12-7+/t9-/m0/s1. The van der Waals surface area contributed by atoms with Gasteiger partial charge in [-0.1, -0.05) is 6.92 Å². The van der Waals surface area contributed by atoms with E-state index in [2.05, 4.69) is 21.2 Å². The lowest BCUT2D eigenvalue weighted by atomic mass is 10.1. The average Bonchev–Trinajstić information content (AvgIpc) is 2.76. The van der Waals surface area contributed by atoms with E-state index in [0.29, 0.717) is 21.5 Å². The Hall–Kier alpha value is -2.02. The molecule has 124 valence electrons. The van der Waals surface area contributed by atoms with Crippen molar-refractivity contribution in [2.24, 2.45) is 0 Å². The van der Waals surface area contributed by atoms with E-state index in [9.17, 15) is 9.59 Å². The molecule has 3 amide bonds. The Morgan fingerprint density at radius 3 is 2.61 bits per heavy atom. The molecule has 1 saturated heterocycles. The number of hydrogen-bond acceptors (Lipinski definition) is 4. The highest BCUT2D eigenvalue weighted by Gasteiger charge is 2.30. The molecule has 1 aliphatic heterocycles. The Morgan fingerprint density at radius 2 is 2.09 bits per heavy atom. The highest BCUT2D eigenvalue weighted by Crippen LogP contribution is 2.38. The van der Waals surface area contributed by atoms with Crippen LogP contribution in [0.25, 0.3) is 6.08 Å². The van der Waals surface area contributed by atoms with Crippen LogP contribution < -0.4 is 14.8 Å². The number of urea groups is 1. The zero-order chi connectivity index (χ0) is 17.1. The largest absolute Gasteiger partial charge is 0.493 e.